The summed E-state index contributed by atoms with van der Waals surface area (Å²) >= 11 is 0. The molecular weight excluding hydrogens is 1460 g/mol. The normalized spacial score (nSPS) is 14.3. The van der Waals surface area contributed by atoms with Crippen molar-refractivity contribution in [3.05, 3.63) is 180 Å². The van der Waals surface area contributed by atoms with E-state index in [0.29, 0.717) is 45.9 Å². The monoisotopic (exact) mass is 1560 g/mol. The fraction of sp³-hybridized carbons (Fsp3) is 0.397. The number of amides is 4. The maximum Gasteiger partial charge on any atom is 0.410 e. The molecule has 3 aromatic heterocycles. The average Bonchev–Trinajstić information content (AvgIpc) is 1.65. The Kier molecular flexibility index (Phi) is 28.8. The molecule has 96 heavy (non-hydrogen) atoms. The van der Waals surface area contributed by atoms with Gasteiger partial charge in [-0.1, -0.05) is 51.3 Å². The van der Waals surface area contributed by atoms with Crippen molar-refractivity contribution in [1.29, 1.82) is 2.67 Å². The van der Waals surface area contributed by atoms with Crippen LogP contribution in [0.3, 0.4) is 0 Å². The topological polar surface area (TPSA) is 237 Å². The number of fused-ring (bicyclic) bond motifs is 3. The molecule has 6 heterocycles. The Hall–Kier alpha value is -7.99. The van der Waals surface area contributed by atoms with Crippen molar-refractivity contribution in [3.63, 3.8) is 0 Å². The first-order valence-electron chi connectivity index (χ1n) is 32.4. The van der Waals surface area contributed by atoms with Gasteiger partial charge >= 0.3 is 18.2 Å². The van der Waals surface area contributed by atoms with Crippen molar-refractivity contribution in [2.45, 2.75) is 145 Å². The standard InChI is InChI=1S/C25H30N4O3.C21H24N4O.C15H12N2O2.C10H20N2O2.2CH4.BH2.ClH.U/c1-17-26-21-7-5-6-8-22(21)29(17)20-11-9-18(10-12-20)23(30)27-19-13-15-28(16-14-19)24(31)32-25(2,3)4;1-15-23-19-5-3-4-6-20(19)25(15)18-9-7-16(8-10-18)21(26)24(2)17-11-13-22-14-12-17;1-10-16-13-4-2-3-5-14(13)17(10)12-8-6-11(7-9-12)15(18)19;1-10(2,3)14-9(13)12-6-4-8(11)5-7-12;;;;;/h5-12,19H,13-16H2,1-4H3,(H,27,30);3-10,17,22H,11-14H2,1-2H3;2-9H,1H3,(H,18,19);8H,4-7,11H2,1-3H3;2*1H4;1H2;1H;/i;;;;;;1T2;;. The molecule has 3 aliphatic rings. The van der Waals surface area contributed by atoms with Gasteiger partial charge in [0.1, 0.15) is 28.7 Å². The first-order chi connectivity index (χ1) is 44.8. The predicted molar refractivity (Wildman–Crippen MR) is 385 cm³/mol. The molecule has 4 amide bonds. The van der Waals surface area contributed by atoms with Crippen LogP contribution in [0.4, 0.5) is 9.59 Å². The number of carboxylic acids is 1. The van der Waals surface area contributed by atoms with Gasteiger partial charge in [0.05, 0.1) is 47.0 Å². The largest absolute Gasteiger partial charge is 0.478 e. The van der Waals surface area contributed by atoms with Crippen LogP contribution < -0.4 is 16.4 Å². The summed E-state index contributed by atoms with van der Waals surface area (Å²) in [6.07, 6.45) is 4.69. The molecule has 1 radical (unpaired) electrons. The number of nitrogens with two attached hydrogens (primary N) is 1. The van der Waals surface area contributed by atoms with E-state index in [4.69, 9.17) is 23.0 Å². The average molecular weight is 1560 g/mol. The zero-order valence-electron chi connectivity index (χ0n) is 57.5. The Morgan fingerprint density at radius 3 is 1.25 bits per heavy atom. The van der Waals surface area contributed by atoms with E-state index >= 15 is 0 Å². The molecule has 0 unspecified atom stereocenters. The van der Waals surface area contributed by atoms with E-state index in [1.54, 1.807) is 34.1 Å². The number of aromatic carboxylic acids is 1. The van der Waals surface area contributed by atoms with Crippen LogP contribution >= 0.6 is 12.4 Å². The number of aromatic nitrogens is 6. The fourth-order valence-electron chi connectivity index (χ4n) is 11.5. The van der Waals surface area contributed by atoms with Crippen LogP contribution in [-0.4, -0.2) is 165 Å². The van der Waals surface area contributed by atoms with Crippen LogP contribution in [0.15, 0.2) is 146 Å². The van der Waals surface area contributed by atoms with Gasteiger partial charge in [-0.05, 0) is 226 Å². The van der Waals surface area contributed by atoms with Gasteiger partial charge in [-0.25, -0.2) is 29.3 Å². The Balaban J connectivity index is 0.000000280. The van der Waals surface area contributed by atoms with E-state index in [1.165, 1.54) is 0 Å². The molecule has 23 heteroatoms. The SMILES string of the molecule is C.C.CC(C)(C)OC(=O)N1CCC(N)CC1.Cc1nc2ccccc2n1-c1ccc(C(=O)N(C)C2CCNCC2)cc1.Cc1nc2ccccc2n1-c1ccc(C(=O)NC2CCN(C(=O)OC(C)(C)C)CC2)cc1.Cc1nc2ccccc2n1-c1ccc(C(=O)O)cc1.Cl.[3H][B][3H].[U]. The minimum absolute atomic E-state index is 0. The van der Waals surface area contributed by atoms with Gasteiger partial charge in [-0.15, -0.1) is 12.4 Å². The molecule has 0 saturated carbocycles. The van der Waals surface area contributed by atoms with Gasteiger partial charge in [0.15, 0.2) is 0 Å². The maximum absolute atomic E-state index is 12.8. The van der Waals surface area contributed by atoms with E-state index in [0.717, 1.165) is 125 Å². The molecule has 0 bridgehead atoms. The molecule has 12 rings (SSSR count). The molecule has 3 aliphatic heterocycles. The van der Waals surface area contributed by atoms with Gasteiger partial charge < -0.3 is 45.6 Å². The number of hydrogen-bond donors (Lipinski definition) is 4. The molecule has 5 N–H and O–H groups in total. The number of aryl methyl sites for hydroxylation is 3. The van der Waals surface area contributed by atoms with E-state index in [9.17, 15) is 24.0 Å². The smallest absolute Gasteiger partial charge is 0.410 e. The number of halogens is 1. The van der Waals surface area contributed by atoms with Crippen molar-refractivity contribution in [3.8, 4) is 17.1 Å². The zero-order valence-corrected chi connectivity index (χ0v) is 60.4. The number of imidazole rings is 3. The van der Waals surface area contributed by atoms with E-state index in [2.05, 4.69) is 40.8 Å². The third-order valence-electron chi connectivity index (χ3n) is 16.2. The number of rotatable bonds is 8. The van der Waals surface area contributed by atoms with Crippen molar-refractivity contribution in [2.24, 2.45) is 5.73 Å². The van der Waals surface area contributed by atoms with Crippen molar-refractivity contribution in [1.82, 2.24) is 54.0 Å². The Morgan fingerprint density at radius 1 is 0.562 bits per heavy atom. The predicted octanol–water partition coefficient (Wildman–Crippen LogP) is 12.8. The number of likely N-dealkylation sites (tertiary alicyclic amines) is 2. The molecule has 3 fully saturated rings. The first-order valence-corrected chi connectivity index (χ1v) is 31.3. The second kappa shape index (κ2) is 35.8. The Labute approximate surface area is 600 Å². The summed E-state index contributed by atoms with van der Waals surface area (Å²) in [5, 5.41) is 15.4. The summed E-state index contributed by atoms with van der Waals surface area (Å²) in [5.41, 5.74) is 15.4. The minimum atomic E-state index is -0.918. The summed E-state index contributed by atoms with van der Waals surface area (Å²) < 4.78 is 28.4. The summed E-state index contributed by atoms with van der Waals surface area (Å²) in [4.78, 5) is 79.3. The van der Waals surface area contributed by atoms with Gasteiger partial charge in [0.25, 0.3) is 11.8 Å². The van der Waals surface area contributed by atoms with Crippen molar-refractivity contribution >= 4 is 83.8 Å². The van der Waals surface area contributed by atoms with Crippen LogP contribution in [-0.2, 0) is 9.47 Å². The van der Waals surface area contributed by atoms with Crippen LogP contribution in [0.2, 0.25) is 0 Å². The Morgan fingerprint density at radius 2 is 0.896 bits per heavy atom. The molecule has 3 saturated heterocycles. The summed E-state index contributed by atoms with van der Waals surface area (Å²) in [6, 6.07) is 46.8. The number of para-hydroxylation sites is 6. The van der Waals surface area contributed by atoms with Crippen molar-refractivity contribution < 1.29 is 69.7 Å². The van der Waals surface area contributed by atoms with Gasteiger partial charge in [-0.3, -0.25) is 23.3 Å². The summed E-state index contributed by atoms with van der Waals surface area (Å²) in [5.74, 6) is 1.80. The molecule has 0 aliphatic carbocycles. The van der Waals surface area contributed by atoms with Crippen LogP contribution in [0.5, 0.6) is 0 Å². The van der Waals surface area contributed by atoms with Gasteiger partial charge in [0, 0.05) is 111 Å². The summed E-state index contributed by atoms with van der Waals surface area (Å²) in [6.45, 7) is 21.7. The third-order valence-corrected chi connectivity index (χ3v) is 16.2. The number of carboxylic acid groups (broad SMARTS) is 1. The molecular formula is C73H97BClN12O8U. The van der Waals surface area contributed by atoms with E-state index in [1.807, 2.05) is 194 Å². The quantitative estimate of drug-likeness (QED) is 0.104. The van der Waals surface area contributed by atoms with E-state index < -0.39 is 17.2 Å². The number of piperidine rings is 3. The second-order valence-corrected chi connectivity index (χ2v) is 25.3. The van der Waals surface area contributed by atoms with Gasteiger partial charge in [-0.2, -0.15) is 0 Å². The van der Waals surface area contributed by atoms with Crippen molar-refractivity contribution in [2.75, 3.05) is 46.3 Å². The number of nitrogens with zero attached hydrogens (tertiary/aromatic N) is 9. The number of nitrogens with one attached hydrogen (secondary N) is 2. The first kappa shape index (κ1) is 77.0. The molecule has 511 valence electrons. The molecule has 9 aromatic rings. The molecule has 0 spiro atoms. The number of hydrogen-bond acceptors (Lipinski definition) is 12. The second-order valence-electron chi connectivity index (χ2n) is 25.3. The van der Waals surface area contributed by atoms with Gasteiger partial charge in [0.2, 0.25) is 0 Å². The summed E-state index contributed by atoms with van der Waals surface area (Å²) in [7, 11) is 2.42. The number of benzene rings is 6. The zero-order chi connectivity index (χ0) is 67.9. The Bertz CT molecular complexity index is 4030. The molecule has 0 atom stereocenters. The van der Waals surface area contributed by atoms with Crippen LogP contribution in [0, 0.1) is 51.9 Å². The number of ether oxygens (including phenoxy) is 2. The minimum Gasteiger partial charge on any atom is -0.478 e. The molecule has 6 aromatic carbocycles. The maximum atomic E-state index is 12.8. The molecule has 20 nitrogen and oxygen atoms in total. The van der Waals surface area contributed by atoms with Crippen LogP contribution in [0.1, 0.15) is 143 Å². The fourth-order valence-corrected chi connectivity index (χ4v) is 11.5. The van der Waals surface area contributed by atoms with Crippen LogP contribution in [0.25, 0.3) is 50.2 Å². The number of carbonyl (C=O) groups excluding carboxylic acids is 4. The van der Waals surface area contributed by atoms with E-state index in [-0.39, 0.29) is 100 Å². The third kappa shape index (κ3) is 20.8. The number of carbonyl (C=O) groups is 5.